The first-order valence-corrected chi connectivity index (χ1v) is 23.7. The Morgan fingerprint density at radius 2 is 0.855 bits per heavy atom. The van der Waals surface area contributed by atoms with Gasteiger partial charge in [0.15, 0.2) is 5.78 Å². The molecule has 30 heteroatoms. The maximum Gasteiger partial charge on any atom is 0.409 e. The fourth-order valence-corrected chi connectivity index (χ4v) is 5.79. The summed E-state index contributed by atoms with van der Waals surface area (Å²) in [5.74, 6) is -3.09. The zero-order valence-corrected chi connectivity index (χ0v) is 43.8. The number of azide groups is 1. The molecule has 0 atom stereocenters. The van der Waals surface area contributed by atoms with Gasteiger partial charge < -0.3 is 57.7 Å². The highest BCUT2D eigenvalue weighted by Gasteiger charge is 2.24. The van der Waals surface area contributed by atoms with Gasteiger partial charge in [-0.15, -0.1) is 0 Å². The van der Waals surface area contributed by atoms with Crippen LogP contribution in [0, 0.1) is 20.2 Å². The van der Waals surface area contributed by atoms with Crippen LogP contribution in [0.1, 0.15) is 32.1 Å². The summed E-state index contributed by atoms with van der Waals surface area (Å²) in [5.41, 5.74) is 6.96. The topological polar surface area (TPSA) is 352 Å². The van der Waals surface area contributed by atoms with Crippen molar-refractivity contribution in [1.29, 1.82) is 0 Å². The van der Waals surface area contributed by atoms with Gasteiger partial charge in [0, 0.05) is 108 Å². The monoisotopic (exact) mass is 1100 g/mol. The van der Waals surface area contributed by atoms with Gasteiger partial charge in [-0.25, -0.2) is 4.79 Å². The van der Waals surface area contributed by atoms with Gasteiger partial charge in [0.05, 0.1) is 102 Å². The number of amides is 5. The van der Waals surface area contributed by atoms with Crippen molar-refractivity contribution in [2.45, 2.75) is 32.1 Å². The molecule has 2 rings (SSSR count). The van der Waals surface area contributed by atoms with Crippen LogP contribution < -0.4 is 9.47 Å². The summed E-state index contributed by atoms with van der Waals surface area (Å²) in [7, 11) is 6.98. The Morgan fingerprint density at radius 1 is 0.500 bits per heavy atom. The fraction of sp³-hybridized carbons (Fsp3) is 0.565. The minimum atomic E-state index is -0.978. The molecular formula is C46H65ClN10O19. The lowest BCUT2D eigenvalue weighted by atomic mass is 10.2. The van der Waals surface area contributed by atoms with E-state index in [0.717, 1.165) is 19.6 Å². The normalized spacial score (nSPS) is 10.4. The summed E-state index contributed by atoms with van der Waals surface area (Å²) in [5, 5.41) is 24.3. The molecule has 5 amide bonds. The van der Waals surface area contributed by atoms with Crippen LogP contribution in [0.3, 0.4) is 0 Å². The van der Waals surface area contributed by atoms with Crippen molar-refractivity contribution in [3.63, 3.8) is 0 Å². The van der Waals surface area contributed by atoms with Crippen molar-refractivity contribution in [2.24, 2.45) is 5.11 Å². The van der Waals surface area contributed by atoms with Crippen LogP contribution in [0.15, 0.2) is 53.6 Å². The number of ketones is 1. The second kappa shape index (κ2) is 39.1. The van der Waals surface area contributed by atoms with E-state index in [1.807, 2.05) is 0 Å². The lowest BCUT2D eigenvalue weighted by molar-refractivity contribution is -0.385. The first kappa shape index (κ1) is 66.6. The molecule has 0 saturated heterocycles. The van der Waals surface area contributed by atoms with Crippen LogP contribution in [-0.4, -0.2) is 222 Å². The molecular weight excluding hydrogens is 1030 g/mol. The number of non-ortho nitro benzene ring substituents is 2. The van der Waals surface area contributed by atoms with Crippen LogP contribution in [0.2, 0.25) is 0 Å². The van der Waals surface area contributed by atoms with Gasteiger partial charge in [-0.1, -0.05) is 5.11 Å². The predicted octanol–water partition coefficient (Wildman–Crippen LogP) is 3.04. The van der Waals surface area contributed by atoms with Gasteiger partial charge in [-0.05, 0) is 42.6 Å². The van der Waals surface area contributed by atoms with E-state index in [4.69, 9.17) is 45.6 Å². The summed E-state index contributed by atoms with van der Waals surface area (Å²) in [4.78, 5) is 127. The number of carbonyl (C=O) groups is 8. The number of nitro groups is 2. The van der Waals surface area contributed by atoms with Crippen LogP contribution in [0.4, 0.5) is 16.2 Å². The molecule has 0 aromatic heterocycles. The quantitative estimate of drug-likeness (QED) is 0.0108. The van der Waals surface area contributed by atoms with Gasteiger partial charge in [-0.3, -0.25) is 53.8 Å². The average Bonchev–Trinajstić information content (AvgIpc) is 3.37. The second-order valence-corrected chi connectivity index (χ2v) is 16.4. The van der Waals surface area contributed by atoms with E-state index in [1.54, 1.807) is 0 Å². The van der Waals surface area contributed by atoms with E-state index >= 15 is 0 Å². The van der Waals surface area contributed by atoms with Crippen molar-refractivity contribution in [2.75, 3.05) is 141 Å². The molecule has 76 heavy (non-hydrogen) atoms. The van der Waals surface area contributed by atoms with E-state index < -0.39 is 50.8 Å². The molecule has 0 aliphatic rings. The van der Waals surface area contributed by atoms with Gasteiger partial charge in [0.1, 0.15) is 11.5 Å². The first-order valence-electron chi connectivity index (χ1n) is 23.3. The molecule has 0 unspecified atom stereocenters. The van der Waals surface area contributed by atoms with Crippen LogP contribution in [0.25, 0.3) is 10.4 Å². The summed E-state index contributed by atoms with van der Waals surface area (Å²) in [6, 6.07) is 9.97. The van der Waals surface area contributed by atoms with E-state index in [-0.39, 0.29) is 93.6 Å². The maximum atomic E-state index is 12.8. The highest BCUT2D eigenvalue weighted by atomic mass is 35.5. The molecule has 0 aliphatic heterocycles. The molecule has 0 aliphatic carbocycles. The number of benzene rings is 2. The molecule has 2 aromatic rings. The van der Waals surface area contributed by atoms with E-state index in [1.165, 1.54) is 88.7 Å². The first-order chi connectivity index (χ1) is 36.1. The van der Waals surface area contributed by atoms with Crippen LogP contribution >= 0.6 is 11.6 Å². The Morgan fingerprint density at radius 3 is 1.24 bits per heavy atom. The van der Waals surface area contributed by atoms with Crippen molar-refractivity contribution in [3.05, 3.63) is 79.2 Å². The van der Waals surface area contributed by atoms with E-state index in [9.17, 15) is 58.6 Å². The molecule has 0 heterocycles. The number of nitrogens with zero attached hydrogens (tertiary/aromatic N) is 10. The molecule has 0 radical (unpaired) electrons. The molecule has 0 N–H and O–H groups in total. The molecule has 29 nitrogen and oxygen atoms in total. The number of Topliss-reactive ketones (excluding diaryl/α,β-unsaturated/α-hetero) is 1. The molecule has 0 saturated carbocycles. The summed E-state index contributed by atoms with van der Waals surface area (Å²) < 4.78 is 36.5. The number of carbonyl (C=O) groups excluding carboxylic acids is 8. The van der Waals surface area contributed by atoms with E-state index in [2.05, 4.69) is 14.8 Å². The predicted molar refractivity (Wildman–Crippen MR) is 268 cm³/mol. The maximum absolute atomic E-state index is 12.8. The Balaban J connectivity index is 0.00000192. The van der Waals surface area contributed by atoms with Crippen LogP contribution in [0.5, 0.6) is 11.5 Å². The number of likely N-dealkylation sites (N-methyl/N-ethyl adjacent to an activating group) is 5. The zero-order chi connectivity index (χ0) is 56.8. The number of esters is 1. The van der Waals surface area contributed by atoms with Crippen molar-refractivity contribution in [1.82, 2.24) is 24.5 Å². The zero-order valence-electron chi connectivity index (χ0n) is 43.1. The molecule has 0 bridgehead atoms. The summed E-state index contributed by atoms with van der Waals surface area (Å²) in [6.45, 7) is 2.48. The standard InChI is InChI=1S/C39H61N9O15.C7H4ClNO4/c1-43(26-32(49)8-7-16-58-18-20-60-22-24-62-25-23-61-21-19-59-17-15-41-42-40)35(51)28-45(3)37(53)30-47(5)38(54)29-46(4)36(52)27-44(2)34(50)9-6-10-39(55)63-33-13-11-31(12-14-33)48(56)57;8-7(10)13-6-3-1-5(2-4-6)9(11)12/h11-14H,6-10,15-30H2,1-5H3;1-4H. The lowest BCUT2D eigenvalue weighted by Gasteiger charge is -2.26. The van der Waals surface area contributed by atoms with Gasteiger partial charge in [0.25, 0.3) is 11.4 Å². The number of hydrogen-bond acceptors (Lipinski definition) is 20. The Hall–Kier alpha value is -7.40. The number of halogens is 1. The second-order valence-electron chi connectivity index (χ2n) is 16.1. The highest BCUT2D eigenvalue weighted by molar-refractivity contribution is 6.61. The van der Waals surface area contributed by atoms with Crippen molar-refractivity contribution >= 4 is 69.7 Å². The van der Waals surface area contributed by atoms with E-state index in [0.29, 0.717) is 72.5 Å². The van der Waals surface area contributed by atoms with Gasteiger partial charge >= 0.3 is 11.4 Å². The third-order valence-corrected chi connectivity index (χ3v) is 10.0. The third kappa shape index (κ3) is 31.4. The average molecular weight is 1100 g/mol. The number of rotatable bonds is 37. The van der Waals surface area contributed by atoms with Gasteiger partial charge in [0.2, 0.25) is 29.5 Å². The van der Waals surface area contributed by atoms with Crippen molar-refractivity contribution < 1.29 is 81.4 Å². The number of hydrogen-bond donors (Lipinski definition) is 0. The molecule has 0 fully saturated rings. The summed E-state index contributed by atoms with van der Waals surface area (Å²) in [6.07, 6.45) is 0.587. The summed E-state index contributed by atoms with van der Waals surface area (Å²) >= 11 is 4.92. The van der Waals surface area contributed by atoms with Gasteiger partial charge in [-0.2, -0.15) is 0 Å². The fourth-order valence-electron chi connectivity index (χ4n) is 5.70. The van der Waals surface area contributed by atoms with Crippen molar-refractivity contribution in [3.8, 4) is 11.5 Å². The molecule has 420 valence electrons. The molecule has 2 aromatic carbocycles. The Labute approximate surface area is 443 Å². The minimum Gasteiger partial charge on any atom is -0.427 e. The number of nitro benzene ring substituents is 2. The third-order valence-electron chi connectivity index (χ3n) is 9.96. The smallest absolute Gasteiger partial charge is 0.409 e. The minimum absolute atomic E-state index is 0.0670. The lowest BCUT2D eigenvalue weighted by Crippen LogP contribution is -2.47. The number of ether oxygens (including phenoxy) is 7. The molecule has 0 spiro atoms. The Bertz CT molecular complexity index is 2240. The largest absolute Gasteiger partial charge is 0.427 e. The highest BCUT2D eigenvalue weighted by Crippen LogP contribution is 2.19. The Kier molecular flexibility index (Phi) is 34.2. The van der Waals surface area contributed by atoms with Crippen LogP contribution in [-0.2, 0) is 57.2 Å². The SMILES string of the molecule is CN(CC(=O)CCCOCCOCCOCCOCCOCCN=[N+]=[N-])C(=O)CN(C)C(=O)CN(C)C(=O)CN(C)C(=O)CN(C)C(=O)CCCC(=O)Oc1ccc([N+](=O)[O-])cc1.O=C(Cl)Oc1ccc([N+](=O)[O-])cc1.